The summed E-state index contributed by atoms with van der Waals surface area (Å²) in [6, 6.07) is 2.96. The van der Waals surface area contributed by atoms with E-state index in [4.69, 9.17) is 34.8 Å². The molecule has 2 rings (SSSR count). The zero-order chi connectivity index (χ0) is 15.1. The predicted molar refractivity (Wildman–Crippen MR) is 78.9 cm³/mol. The molecule has 1 aliphatic heterocycles. The van der Waals surface area contributed by atoms with Gasteiger partial charge in [-0.2, -0.15) is 0 Å². The van der Waals surface area contributed by atoms with Crippen molar-refractivity contribution in [2.24, 2.45) is 0 Å². The van der Waals surface area contributed by atoms with Gasteiger partial charge in [0.25, 0.3) is 0 Å². The first kappa shape index (κ1) is 16.3. The van der Waals surface area contributed by atoms with Gasteiger partial charge in [0.2, 0.25) is 10.0 Å². The average molecular weight is 379 g/mol. The lowest BCUT2D eigenvalue weighted by Gasteiger charge is -2.15. The molecular formula is C10H10Cl3NO4S2. The Morgan fingerprint density at radius 3 is 2.30 bits per heavy atom. The average Bonchev–Trinajstić information content (AvgIpc) is 2.54. The summed E-state index contributed by atoms with van der Waals surface area (Å²) in [4.78, 5) is -0.0972. The van der Waals surface area contributed by atoms with Crippen LogP contribution in [0.1, 0.15) is 0 Å². The molecular weight excluding hydrogens is 369 g/mol. The minimum Gasteiger partial charge on any atom is -0.229 e. The smallest absolute Gasteiger partial charge is 0.229 e. The van der Waals surface area contributed by atoms with Crippen molar-refractivity contribution in [2.45, 2.75) is 16.3 Å². The van der Waals surface area contributed by atoms with Crippen LogP contribution in [0.3, 0.4) is 0 Å². The summed E-state index contributed by atoms with van der Waals surface area (Å²) in [6.07, 6.45) is 0. The summed E-state index contributed by atoms with van der Waals surface area (Å²) < 4.78 is 49.4. The Morgan fingerprint density at radius 1 is 1.15 bits per heavy atom. The molecule has 0 spiro atoms. The summed E-state index contributed by atoms with van der Waals surface area (Å²) in [6.45, 7) is 0. The molecule has 1 aromatic carbocycles. The topological polar surface area (TPSA) is 80.3 Å². The standard InChI is InChI=1S/C10H10Cl3NO4S2/c11-7-2-1-6(3-8(7)12)20(17,18)14-10-5-19(15,16)4-9(10)13/h1-3,9-10,14H,4-5H2. The molecule has 10 heteroatoms. The van der Waals surface area contributed by atoms with E-state index in [9.17, 15) is 16.8 Å². The van der Waals surface area contributed by atoms with Crippen LogP contribution in [0.2, 0.25) is 10.0 Å². The van der Waals surface area contributed by atoms with Gasteiger partial charge < -0.3 is 0 Å². The highest BCUT2D eigenvalue weighted by Crippen LogP contribution is 2.26. The molecule has 20 heavy (non-hydrogen) atoms. The Morgan fingerprint density at radius 2 is 1.80 bits per heavy atom. The van der Waals surface area contributed by atoms with Crippen molar-refractivity contribution >= 4 is 54.7 Å². The van der Waals surface area contributed by atoms with Gasteiger partial charge in [-0.25, -0.2) is 21.6 Å². The molecule has 0 aliphatic carbocycles. The van der Waals surface area contributed by atoms with E-state index in [1.807, 2.05) is 0 Å². The molecule has 0 aromatic heterocycles. The van der Waals surface area contributed by atoms with E-state index in [-0.39, 0.29) is 26.4 Å². The largest absolute Gasteiger partial charge is 0.240 e. The summed E-state index contributed by atoms with van der Waals surface area (Å²) in [5.41, 5.74) is 0. The zero-order valence-corrected chi connectivity index (χ0v) is 13.8. The molecule has 1 fully saturated rings. The van der Waals surface area contributed by atoms with Crippen LogP contribution in [-0.2, 0) is 19.9 Å². The molecule has 2 atom stereocenters. The maximum Gasteiger partial charge on any atom is 0.240 e. The first-order chi connectivity index (χ1) is 9.11. The number of sulfonamides is 1. The van der Waals surface area contributed by atoms with Gasteiger partial charge in [-0.05, 0) is 18.2 Å². The van der Waals surface area contributed by atoms with Gasteiger partial charge in [0.15, 0.2) is 9.84 Å². The van der Waals surface area contributed by atoms with Crippen molar-refractivity contribution in [1.29, 1.82) is 0 Å². The zero-order valence-electron chi connectivity index (χ0n) is 9.88. The van der Waals surface area contributed by atoms with Crippen LogP contribution in [0.25, 0.3) is 0 Å². The molecule has 1 heterocycles. The molecule has 0 bridgehead atoms. The lowest BCUT2D eigenvalue weighted by atomic mass is 10.3. The van der Waals surface area contributed by atoms with Gasteiger partial charge in [0.1, 0.15) is 0 Å². The third-order valence-electron chi connectivity index (χ3n) is 2.79. The van der Waals surface area contributed by atoms with Crippen molar-refractivity contribution in [3.63, 3.8) is 0 Å². The second kappa shape index (κ2) is 5.62. The molecule has 112 valence electrons. The van der Waals surface area contributed by atoms with E-state index in [1.54, 1.807) is 0 Å². The fourth-order valence-corrected chi connectivity index (χ4v) is 6.22. The van der Waals surface area contributed by atoms with Gasteiger partial charge in [-0.1, -0.05) is 23.2 Å². The molecule has 0 saturated carbocycles. The number of alkyl halides is 1. The number of rotatable bonds is 3. The van der Waals surface area contributed by atoms with Crippen LogP contribution in [0.15, 0.2) is 23.1 Å². The van der Waals surface area contributed by atoms with Crippen molar-refractivity contribution < 1.29 is 16.8 Å². The van der Waals surface area contributed by atoms with Crippen LogP contribution in [-0.4, -0.2) is 39.8 Å². The van der Waals surface area contributed by atoms with E-state index < -0.39 is 31.3 Å². The first-order valence-electron chi connectivity index (χ1n) is 5.42. The normalized spacial score (nSPS) is 25.8. The Balaban J connectivity index is 2.26. The molecule has 2 unspecified atom stereocenters. The van der Waals surface area contributed by atoms with Crippen LogP contribution >= 0.6 is 34.8 Å². The SMILES string of the molecule is O=S1(=O)CC(Cl)C(NS(=O)(=O)c2ccc(Cl)c(Cl)c2)C1. The van der Waals surface area contributed by atoms with E-state index >= 15 is 0 Å². The fraction of sp³-hybridized carbons (Fsp3) is 0.400. The quantitative estimate of drug-likeness (QED) is 0.811. The van der Waals surface area contributed by atoms with Gasteiger partial charge in [0.05, 0.1) is 37.9 Å². The number of benzene rings is 1. The molecule has 1 N–H and O–H groups in total. The second-order valence-electron chi connectivity index (χ2n) is 4.40. The lowest BCUT2D eigenvalue weighted by Crippen LogP contribution is -2.40. The van der Waals surface area contributed by atoms with Crippen molar-refractivity contribution in [3.8, 4) is 0 Å². The Labute approximate surface area is 132 Å². The number of hydrogen-bond donors (Lipinski definition) is 1. The fourth-order valence-electron chi connectivity index (χ4n) is 1.82. The van der Waals surface area contributed by atoms with Crippen molar-refractivity contribution in [3.05, 3.63) is 28.2 Å². The number of nitrogens with one attached hydrogen (secondary N) is 1. The highest BCUT2D eigenvalue weighted by molar-refractivity contribution is 7.92. The Bertz CT molecular complexity index is 733. The second-order valence-corrected chi connectivity index (χ2v) is 9.64. The monoisotopic (exact) mass is 377 g/mol. The third-order valence-corrected chi connectivity index (χ3v) is 7.39. The van der Waals surface area contributed by atoms with Crippen molar-refractivity contribution in [2.75, 3.05) is 11.5 Å². The van der Waals surface area contributed by atoms with E-state index in [2.05, 4.69) is 4.72 Å². The van der Waals surface area contributed by atoms with Gasteiger partial charge in [-0.15, -0.1) is 11.6 Å². The van der Waals surface area contributed by atoms with Crippen LogP contribution < -0.4 is 4.72 Å². The van der Waals surface area contributed by atoms with E-state index in [0.717, 1.165) is 0 Å². The van der Waals surface area contributed by atoms with E-state index in [1.165, 1.54) is 18.2 Å². The van der Waals surface area contributed by atoms with Gasteiger partial charge >= 0.3 is 0 Å². The maximum atomic E-state index is 12.1. The highest BCUT2D eigenvalue weighted by Gasteiger charge is 2.38. The van der Waals surface area contributed by atoms with Crippen LogP contribution in [0, 0.1) is 0 Å². The number of hydrogen-bond acceptors (Lipinski definition) is 4. The number of halogens is 3. The number of sulfone groups is 1. The summed E-state index contributed by atoms with van der Waals surface area (Å²) >= 11 is 17.3. The minimum absolute atomic E-state index is 0.0935. The molecule has 1 saturated heterocycles. The molecule has 0 radical (unpaired) electrons. The molecule has 1 aliphatic rings. The summed E-state index contributed by atoms with van der Waals surface area (Å²) in [5, 5.41) is -0.474. The third kappa shape index (κ3) is 3.58. The summed E-state index contributed by atoms with van der Waals surface area (Å²) in [7, 11) is -7.23. The van der Waals surface area contributed by atoms with E-state index in [0.29, 0.717) is 0 Å². The molecule has 1 aromatic rings. The highest BCUT2D eigenvalue weighted by atomic mass is 35.5. The first-order valence-corrected chi connectivity index (χ1v) is 9.92. The van der Waals surface area contributed by atoms with Crippen LogP contribution in [0.4, 0.5) is 0 Å². The molecule has 0 amide bonds. The van der Waals surface area contributed by atoms with Crippen molar-refractivity contribution in [1.82, 2.24) is 4.72 Å². The summed E-state index contributed by atoms with van der Waals surface area (Å²) in [5.74, 6) is -0.565. The minimum atomic E-state index is -3.91. The Kier molecular flexibility index (Phi) is 4.59. The lowest BCUT2D eigenvalue weighted by molar-refractivity contribution is 0.563. The predicted octanol–water partition coefficient (Wildman–Crippen LogP) is 1.68. The van der Waals surface area contributed by atoms with Crippen LogP contribution in [0.5, 0.6) is 0 Å². The maximum absolute atomic E-state index is 12.1. The molecule has 5 nitrogen and oxygen atoms in total. The van der Waals surface area contributed by atoms with Gasteiger partial charge in [-0.3, -0.25) is 0 Å². The van der Waals surface area contributed by atoms with Gasteiger partial charge in [0, 0.05) is 0 Å². The Hall–Kier alpha value is -0.0500.